The van der Waals surface area contributed by atoms with Gasteiger partial charge in [-0.25, -0.2) is 8.78 Å². The van der Waals surface area contributed by atoms with E-state index in [1.54, 1.807) is 0 Å². The fourth-order valence-electron chi connectivity index (χ4n) is 5.16. The Hall–Kier alpha value is -4.56. The van der Waals surface area contributed by atoms with Gasteiger partial charge in [-0.3, -0.25) is 19.4 Å². The van der Waals surface area contributed by atoms with Gasteiger partial charge in [-0.05, 0) is 60.7 Å². The summed E-state index contributed by atoms with van der Waals surface area (Å²) >= 11 is 11.8. The van der Waals surface area contributed by atoms with Crippen LogP contribution in [0.2, 0.25) is 10.0 Å². The number of alkyl halides is 8. The SMILES string of the molecule is COc1ccc(Cl)cc1N1C(=O)C(F)c2ccc(C(F)(F)F)cc21.COc1ccc(Cl)cc1N1C(=O)[C@@H](F)c2ccc(C(F)(F)F)cc21. The van der Waals surface area contributed by atoms with Crippen molar-refractivity contribution in [3.63, 3.8) is 0 Å². The van der Waals surface area contributed by atoms with Crippen molar-refractivity contribution in [3.05, 3.63) is 105 Å². The lowest BCUT2D eigenvalue weighted by Crippen LogP contribution is -2.23. The van der Waals surface area contributed by atoms with E-state index in [4.69, 9.17) is 32.7 Å². The van der Waals surface area contributed by atoms with Gasteiger partial charge < -0.3 is 9.47 Å². The molecule has 0 aromatic heterocycles. The summed E-state index contributed by atoms with van der Waals surface area (Å²) in [5.41, 5.74) is -2.41. The van der Waals surface area contributed by atoms with E-state index in [0.29, 0.717) is 0 Å². The smallest absolute Gasteiger partial charge is 0.416 e. The molecular formula is C32H20Cl2F8N2O4. The van der Waals surface area contributed by atoms with Crippen molar-refractivity contribution in [3.8, 4) is 11.5 Å². The van der Waals surface area contributed by atoms with Gasteiger partial charge in [0, 0.05) is 21.2 Å². The summed E-state index contributed by atoms with van der Waals surface area (Å²) in [6.07, 6.45) is -13.3. The van der Waals surface area contributed by atoms with Crippen LogP contribution in [0.5, 0.6) is 11.5 Å². The van der Waals surface area contributed by atoms with Gasteiger partial charge in [0.15, 0.2) is 0 Å². The zero-order valence-corrected chi connectivity index (χ0v) is 25.9. The summed E-state index contributed by atoms with van der Waals surface area (Å²) < 4.78 is 116. The van der Waals surface area contributed by atoms with Crippen LogP contribution < -0.4 is 19.3 Å². The summed E-state index contributed by atoms with van der Waals surface area (Å²) in [6, 6.07) is 13.5. The molecule has 2 aliphatic heterocycles. The molecule has 0 spiro atoms. The van der Waals surface area contributed by atoms with Crippen LogP contribution in [-0.4, -0.2) is 26.0 Å². The average molecular weight is 719 g/mol. The van der Waals surface area contributed by atoms with Crippen molar-refractivity contribution >= 4 is 57.8 Å². The van der Waals surface area contributed by atoms with E-state index in [2.05, 4.69) is 0 Å². The van der Waals surface area contributed by atoms with E-state index < -0.39 is 47.6 Å². The number of methoxy groups -OCH3 is 2. The first-order valence-electron chi connectivity index (χ1n) is 13.5. The molecule has 4 aromatic carbocycles. The number of benzene rings is 4. The highest BCUT2D eigenvalue weighted by atomic mass is 35.5. The van der Waals surface area contributed by atoms with Crippen LogP contribution in [0.4, 0.5) is 57.9 Å². The first-order valence-corrected chi connectivity index (χ1v) is 14.3. The maximum absolute atomic E-state index is 14.3. The van der Waals surface area contributed by atoms with Gasteiger partial charge in [-0.2, -0.15) is 26.3 Å². The van der Waals surface area contributed by atoms with Crippen LogP contribution >= 0.6 is 23.2 Å². The van der Waals surface area contributed by atoms with E-state index in [-0.39, 0.29) is 55.4 Å². The first kappa shape index (κ1) is 34.8. The second kappa shape index (κ2) is 12.8. The third kappa shape index (κ3) is 6.33. The first-order chi connectivity index (χ1) is 22.5. The van der Waals surface area contributed by atoms with Crippen molar-refractivity contribution in [2.45, 2.75) is 24.7 Å². The highest BCUT2D eigenvalue weighted by Gasteiger charge is 2.43. The van der Waals surface area contributed by atoms with Crippen molar-refractivity contribution in [2.75, 3.05) is 24.0 Å². The quantitative estimate of drug-likeness (QED) is 0.197. The molecule has 6 nitrogen and oxygen atoms in total. The maximum Gasteiger partial charge on any atom is 0.416 e. The number of nitrogens with zero attached hydrogens (tertiary/aromatic N) is 2. The molecule has 0 N–H and O–H groups in total. The summed E-state index contributed by atoms with van der Waals surface area (Å²) in [5, 5.41) is 0.462. The molecule has 0 bridgehead atoms. The Labute approximate surface area is 277 Å². The lowest BCUT2D eigenvalue weighted by atomic mass is 10.1. The molecule has 0 radical (unpaired) electrons. The van der Waals surface area contributed by atoms with Crippen molar-refractivity contribution in [2.24, 2.45) is 0 Å². The van der Waals surface area contributed by atoms with Gasteiger partial charge >= 0.3 is 12.4 Å². The lowest BCUT2D eigenvalue weighted by Gasteiger charge is -2.21. The summed E-state index contributed by atoms with van der Waals surface area (Å²) in [7, 11) is 2.65. The minimum atomic E-state index is -4.61. The Bertz CT molecular complexity index is 1780. The van der Waals surface area contributed by atoms with E-state index in [9.17, 15) is 44.7 Å². The number of carbonyl (C=O) groups excluding carboxylic acids is 2. The van der Waals surface area contributed by atoms with E-state index >= 15 is 0 Å². The van der Waals surface area contributed by atoms with Crippen molar-refractivity contribution in [1.82, 2.24) is 0 Å². The molecule has 2 atom stereocenters. The average Bonchev–Trinajstić information content (AvgIpc) is 3.43. The Balaban J connectivity index is 0.000000188. The monoisotopic (exact) mass is 718 g/mol. The molecule has 0 aliphatic carbocycles. The molecule has 0 saturated heterocycles. The molecule has 6 rings (SSSR count). The second-order valence-corrected chi connectivity index (χ2v) is 11.1. The summed E-state index contributed by atoms with van der Waals surface area (Å²) in [5.74, 6) is -1.62. The topological polar surface area (TPSA) is 59.1 Å². The number of halogens is 10. The highest BCUT2D eigenvalue weighted by Crippen LogP contribution is 2.49. The molecule has 48 heavy (non-hydrogen) atoms. The number of amides is 2. The van der Waals surface area contributed by atoms with Gasteiger partial charge in [-0.15, -0.1) is 0 Å². The fraction of sp³-hybridized carbons (Fsp3) is 0.188. The number of rotatable bonds is 4. The van der Waals surface area contributed by atoms with Crippen LogP contribution in [-0.2, 0) is 21.9 Å². The molecule has 0 saturated carbocycles. The third-order valence-electron chi connectivity index (χ3n) is 7.38. The Morgan fingerprint density at radius 2 is 0.917 bits per heavy atom. The zero-order valence-electron chi connectivity index (χ0n) is 24.4. The van der Waals surface area contributed by atoms with Crippen LogP contribution in [0.3, 0.4) is 0 Å². The molecule has 4 aromatic rings. The van der Waals surface area contributed by atoms with Gasteiger partial charge in [0.2, 0.25) is 12.3 Å². The standard InChI is InChI=1S/2C16H10ClF4NO2/c2*1-24-13-5-3-9(17)7-12(13)22-11-6-8(16(19,20)21)2-4-10(11)14(18)15(22)23/h2*2-7,14H,1H3/t14-;/m0./s1. The third-order valence-corrected chi connectivity index (χ3v) is 7.85. The molecule has 0 fully saturated rings. The number of anilines is 4. The fourth-order valence-corrected chi connectivity index (χ4v) is 5.49. The van der Waals surface area contributed by atoms with Crippen molar-refractivity contribution < 1.29 is 54.2 Å². The number of fused-ring (bicyclic) bond motifs is 2. The zero-order chi connectivity index (χ0) is 35.3. The summed E-state index contributed by atoms with van der Waals surface area (Å²) in [6.45, 7) is 0. The van der Waals surface area contributed by atoms with Crippen LogP contribution in [0.25, 0.3) is 0 Å². The molecule has 2 amide bonds. The molecule has 252 valence electrons. The Kier molecular flexibility index (Phi) is 9.28. The Morgan fingerprint density at radius 3 is 1.23 bits per heavy atom. The van der Waals surface area contributed by atoms with Crippen LogP contribution in [0.15, 0.2) is 72.8 Å². The maximum atomic E-state index is 14.3. The molecule has 1 unspecified atom stereocenters. The Morgan fingerprint density at radius 1 is 0.562 bits per heavy atom. The minimum Gasteiger partial charge on any atom is -0.495 e. The predicted molar refractivity (Wildman–Crippen MR) is 161 cm³/mol. The largest absolute Gasteiger partial charge is 0.495 e. The van der Waals surface area contributed by atoms with E-state index in [0.717, 1.165) is 46.2 Å². The van der Waals surface area contributed by atoms with Crippen LogP contribution in [0.1, 0.15) is 34.6 Å². The second-order valence-electron chi connectivity index (χ2n) is 10.2. The minimum absolute atomic E-state index is 0.0794. The number of carbonyl (C=O) groups is 2. The van der Waals surface area contributed by atoms with Gasteiger partial charge in [0.05, 0.1) is 48.1 Å². The number of hydrogen-bond acceptors (Lipinski definition) is 4. The van der Waals surface area contributed by atoms with Crippen molar-refractivity contribution in [1.29, 1.82) is 0 Å². The van der Waals surface area contributed by atoms with Gasteiger partial charge in [-0.1, -0.05) is 35.3 Å². The van der Waals surface area contributed by atoms with E-state index in [1.165, 1.54) is 50.6 Å². The normalized spacial score (nSPS) is 17.2. The van der Waals surface area contributed by atoms with Gasteiger partial charge in [0.1, 0.15) is 11.5 Å². The van der Waals surface area contributed by atoms with E-state index in [1.807, 2.05) is 0 Å². The van der Waals surface area contributed by atoms with Crippen LogP contribution in [0, 0.1) is 0 Å². The number of ether oxygens (including phenoxy) is 2. The molecule has 16 heteroatoms. The number of hydrogen-bond donors (Lipinski definition) is 0. The molecule has 2 aliphatic rings. The predicted octanol–water partition coefficient (Wildman–Crippen LogP) is 10.1. The lowest BCUT2D eigenvalue weighted by molar-refractivity contribution is -0.138. The highest BCUT2D eigenvalue weighted by molar-refractivity contribution is 6.31. The molecular weight excluding hydrogens is 699 g/mol. The summed E-state index contributed by atoms with van der Waals surface area (Å²) in [4.78, 5) is 26.3. The van der Waals surface area contributed by atoms with Gasteiger partial charge in [0.25, 0.3) is 11.8 Å². The molecule has 2 heterocycles.